The van der Waals surface area contributed by atoms with Crippen LogP contribution in [0.25, 0.3) is 0 Å². The summed E-state index contributed by atoms with van der Waals surface area (Å²) < 4.78 is 5.67. The summed E-state index contributed by atoms with van der Waals surface area (Å²) in [5.74, 6) is 0.0133. The van der Waals surface area contributed by atoms with Crippen molar-refractivity contribution in [1.82, 2.24) is 0 Å². The van der Waals surface area contributed by atoms with E-state index in [-0.39, 0.29) is 18.1 Å². The van der Waals surface area contributed by atoms with Gasteiger partial charge in [-0.15, -0.1) is 0 Å². The van der Waals surface area contributed by atoms with Crippen molar-refractivity contribution in [3.63, 3.8) is 0 Å². The number of nitrogens with one attached hydrogen (secondary N) is 2. The van der Waals surface area contributed by atoms with Crippen molar-refractivity contribution in [2.75, 3.05) is 25.0 Å². The fourth-order valence-corrected chi connectivity index (χ4v) is 2.76. The number of anilines is 1. The lowest BCUT2D eigenvalue weighted by atomic mass is 10.1. The number of nitrogens with zero attached hydrogens (tertiary/aromatic N) is 1. The topological polar surface area (TPSA) is 66.6 Å². The van der Waals surface area contributed by atoms with Crippen molar-refractivity contribution < 1.29 is 14.4 Å². The SMILES string of the molecule is C[C@H]1C[NH+](CC(=O)Nc2ccc(CC#N)cc2)C[C@H](C)O1. The summed E-state index contributed by atoms with van der Waals surface area (Å²) in [7, 11) is 0. The Labute approximate surface area is 125 Å². The molecule has 1 aromatic rings. The molecule has 2 atom stereocenters. The second-order valence-corrected chi connectivity index (χ2v) is 5.67. The summed E-state index contributed by atoms with van der Waals surface area (Å²) in [5, 5.41) is 11.5. The molecule has 2 N–H and O–H groups in total. The Morgan fingerprint density at radius 1 is 1.33 bits per heavy atom. The van der Waals surface area contributed by atoms with Crippen LogP contribution in [0.15, 0.2) is 24.3 Å². The van der Waals surface area contributed by atoms with Crippen LogP contribution < -0.4 is 10.2 Å². The zero-order chi connectivity index (χ0) is 15.2. The maximum atomic E-state index is 12.1. The number of ether oxygens (including phenoxy) is 1. The van der Waals surface area contributed by atoms with Gasteiger partial charge in [0.25, 0.3) is 5.91 Å². The molecule has 0 spiro atoms. The molecule has 1 fully saturated rings. The normalized spacial score (nSPS) is 25.1. The van der Waals surface area contributed by atoms with Crippen LogP contribution in [0.4, 0.5) is 5.69 Å². The molecule has 21 heavy (non-hydrogen) atoms. The zero-order valence-corrected chi connectivity index (χ0v) is 12.6. The molecule has 1 heterocycles. The minimum atomic E-state index is 0.0133. The van der Waals surface area contributed by atoms with Gasteiger partial charge in [0.1, 0.15) is 25.3 Å². The summed E-state index contributed by atoms with van der Waals surface area (Å²) in [6.07, 6.45) is 0.783. The van der Waals surface area contributed by atoms with Crippen LogP contribution in [0.3, 0.4) is 0 Å². The Morgan fingerprint density at radius 2 is 1.95 bits per heavy atom. The molecular formula is C16H22N3O2+. The van der Waals surface area contributed by atoms with Crippen molar-refractivity contribution >= 4 is 11.6 Å². The first-order valence-electron chi connectivity index (χ1n) is 7.31. The average molecular weight is 288 g/mol. The minimum absolute atomic E-state index is 0.0133. The molecule has 1 aliphatic heterocycles. The first kappa shape index (κ1) is 15.5. The number of quaternary nitrogens is 1. The maximum absolute atomic E-state index is 12.1. The molecule has 112 valence electrons. The summed E-state index contributed by atoms with van der Waals surface area (Å²) in [4.78, 5) is 13.3. The minimum Gasteiger partial charge on any atom is -0.364 e. The number of hydrogen-bond donors (Lipinski definition) is 2. The molecule has 1 aromatic carbocycles. The summed E-state index contributed by atoms with van der Waals surface area (Å²) >= 11 is 0. The molecule has 1 aliphatic rings. The van der Waals surface area contributed by atoms with Gasteiger partial charge in [0.15, 0.2) is 6.54 Å². The molecule has 0 aromatic heterocycles. The molecule has 5 nitrogen and oxygen atoms in total. The number of hydrogen-bond acceptors (Lipinski definition) is 3. The Hall–Kier alpha value is -1.90. The number of amides is 1. The van der Waals surface area contributed by atoms with Gasteiger partial charge in [-0.25, -0.2) is 0 Å². The second-order valence-electron chi connectivity index (χ2n) is 5.67. The number of carbonyl (C=O) groups is 1. The molecular weight excluding hydrogens is 266 g/mol. The lowest BCUT2D eigenvalue weighted by Gasteiger charge is -2.31. The van der Waals surface area contributed by atoms with Gasteiger partial charge in [0, 0.05) is 5.69 Å². The summed E-state index contributed by atoms with van der Waals surface area (Å²) in [6, 6.07) is 9.51. The summed E-state index contributed by atoms with van der Waals surface area (Å²) in [5.41, 5.74) is 1.73. The number of carbonyl (C=O) groups excluding carboxylic acids is 1. The van der Waals surface area contributed by atoms with Crippen molar-refractivity contribution in [2.24, 2.45) is 0 Å². The molecule has 0 aliphatic carbocycles. The Morgan fingerprint density at radius 3 is 2.52 bits per heavy atom. The van der Waals surface area contributed by atoms with E-state index in [1.165, 1.54) is 4.90 Å². The van der Waals surface area contributed by atoms with Crippen LogP contribution in [-0.4, -0.2) is 37.7 Å². The fourth-order valence-electron chi connectivity index (χ4n) is 2.76. The number of morpholine rings is 1. The first-order valence-corrected chi connectivity index (χ1v) is 7.31. The van der Waals surface area contributed by atoms with Gasteiger partial charge in [-0.05, 0) is 31.5 Å². The molecule has 0 unspecified atom stereocenters. The van der Waals surface area contributed by atoms with Gasteiger partial charge in [-0.3, -0.25) is 4.79 Å². The predicted molar refractivity (Wildman–Crippen MR) is 80.0 cm³/mol. The quantitative estimate of drug-likeness (QED) is 0.842. The highest BCUT2D eigenvalue weighted by molar-refractivity contribution is 5.91. The van der Waals surface area contributed by atoms with Crippen molar-refractivity contribution in [1.29, 1.82) is 5.26 Å². The van der Waals surface area contributed by atoms with Gasteiger partial charge in [-0.2, -0.15) is 5.26 Å². The van der Waals surface area contributed by atoms with E-state index in [0.29, 0.717) is 13.0 Å². The molecule has 5 heteroatoms. The lowest BCUT2D eigenvalue weighted by Crippen LogP contribution is -3.16. The third-order valence-electron chi connectivity index (χ3n) is 3.55. The highest BCUT2D eigenvalue weighted by Gasteiger charge is 2.27. The van der Waals surface area contributed by atoms with E-state index < -0.39 is 0 Å². The Balaban J connectivity index is 1.85. The van der Waals surface area contributed by atoms with E-state index in [9.17, 15) is 4.79 Å². The molecule has 0 bridgehead atoms. The largest absolute Gasteiger partial charge is 0.364 e. The van der Waals surface area contributed by atoms with Crippen molar-refractivity contribution in [3.8, 4) is 6.07 Å². The standard InChI is InChI=1S/C16H21N3O2/c1-12-9-19(10-13(2)21-12)11-16(20)18-15-5-3-14(4-6-15)7-8-17/h3-6,12-13H,7,9-11H2,1-2H3,(H,18,20)/p+1/t12-,13-/m0/s1. The maximum Gasteiger partial charge on any atom is 0.279 e. The molecule has 1 saturated heterocycles. The van der Waals surface area contributed by atoms with E-state index in [1.54, 1.807) is 0 Å². The third kappa shape index (κ3) is 4.85. The highest BCUT2D eigenvalue weighted by atomic mass is 16.5. The van der Waals surface area contributed by atoms with E-state index >= 15 is 0 Å². The molecule has 0 radical (unpaired) electrons. The third-order valence-corrected chi connectivity index (χ3v) is 3.55. The predicted octanol–water partition coefficient (Wildman–Crippen LogP) is 0.383. The van der Waals surface area contributed by atoms with Gasteiger partial charge in [0.2, 0.25) is 0 Å². The van der Waals surface area contributed by atoms with Crippen LogP contribution in [0, 0.1) is 11.3 Å². The Kier molecular flexibility index (Phi) is 5.32. The monoisotopic (exact) mass is 288 g/mol. The second kappa shape index (κ2) is 7.21. The van der Waals surface area contributed by atoms with Crippen LogP contribution >= 0.6 is 0 Å². The van der Waals surface area contributed by atoms with Gasteiger partial charge >= 0.3 is 0 Å². The van der Waals surface area contributed by atoms with Crippen molar-refractivity contribution in [2.45, 2.75) is 32.5 Å². The highest BCUT2D eigenvalue weighted by Crippen LogP contribution is 2.09. The van der Waals surface area contributed by atoms with E-state index in [0.717, 1.165) is 24.3 Å². The molecule has 2 rings (SSSR count). The Bertz CT molecular complexity index is 511. The van der Waals surface area contributed by atoms with Crippen molar-refractivity contribution in [3.05, 3.63) is 29.8 Å². The van der Waals surface area contributed by atoms with Crippen LogP contribution in [-0.2, 0) is 16.0 Å². The van der Waals surface area contributed by atoms with Crippen LogP contribution in [0.5, 0.6) is 0 Å². The van der Waals surface area contributed by atoms with Crippen LogP contribution in [0.2, 0.25) is 0 Å². The van der Waals surface area contributed by atoms with E-state index in [2.05, 4.69) is 11.4 Å². The lowest BCUT2D eigenvalue weighted by molar-refractivity contribution is -0.907. The zero-order valence-electron chi connectivity index (χ0n) is 12.6. The first-order chi connectivity index (χ1) is 10.1. The average Bonchev–Trinajstić information content (AvgIpc) is 2.40. The molecule has 1 amide bonds. The van der Waals surface area contributed by atoms with Gasteiger partial charge < -0.3 is 15.0 Å². The number of nitriles is 1. The van der Waals surface area contributed by atoms with Gasteiger partial charge in [0.05, 0.1) is 12.5 Å². The number of benzene rings is 1. The van der Waals surface area contributed by atoms with Gasteiger partial charge in [-0.1, -0.05) is 12.1 Å². The summed E-state index contributed by atoms with van der Waals surface area (Å²) in [6.45, 7) is 6.26. The smallest absolute Gasteiger partial charge is 0.279 e. The number of rotatable bonds is 4. The van der Waals surface area contributed by atoms with Crippen LogP contribution in [0.1, 0.15) is 19.4 Å². The van der Waals surface area contributed by atoms with E-state index in [1.807, 2.05) is 38.1 Å². The van der Waals surface area contributed by atoms with E-state index in [4.69, 9.17) is 10.00 Å². The molecule has 0 saturated carbocycles. The fraction of sp³-hybridized carbons (Fsp3) is 0.500.